The molecule has 0 spiro atoms. The lowest BCUT2D eigenvalue weighted by Crippen LogP contribution is -2.48. The molecule has 1 aromatic rings. The molecule has 1 aromatic carbocycles. The molecule has 1 atom stereocenters. The van der Waals surface area contributed by atoms with Gasteiger partial charge in [-0.25, -0.2) is 13.2 Å². The van der Waals surface area contributed by atoms with Crippen molar-refractivity contribution in [2.24, 2.45) is 5.92 Å². The number of nitrogens with zero attached hydrogens (tertiary/aromatic N) is 1. The van der Waals surface area contributed by atoms with Crippen LogP contribution in [0, 0.1) is 23.4 Å². The topological polar surface area (TPSA) is 35.5 Å². The van der Waals surface area contributed by atoms with Crippen molar-refractivity contribution in [1.29, 1.82) is 0 Å². The molecular weight excluding hydrogens is 281 g/mol. The van der Waals surface area contributed by atoms with E-state index >= 15 is 0 Å². The summed E-state index contributed by atoms with van der Waals surface area (Å²) in [6, 6.07) is 0.303. The molecule has 21 heavy (non-hydrogen) atoms. The van der Waals surface area contributed by atoms with Crippen molar-refractivity contribution in [1.82, 2.24) is 10.2 Å². The lowest BCUT2D eigenvalue weighted by Gasteiger charge is -2.43. The summed E-state index contributed by atoms with van der Waals surface area (Å²) in [5.74, 6) is -4.39. The predicted molar refractivity (Wildman–Crippen MR) is 72.5 cm³/mol. The van der Waals surface area contributed by atoms with Gasteiger partial charge in [-0.15, -0.1) is 0 Å². The average Bonchev–Trinajstić information content (AvgIpc) is 2.43. The van der Waals surface area contributed by atoms with Gasteiger partial charge in [0.2, 0.25) is 0 Å². The van der Waals surface area contributed by atoms with Crippen LogP contribution < -0.4 is 5.32 Å². The molecule has 0 bridgehead atoms. The first kappa shape index (κ1) is 14.7. The number of halogens is 3. The zero-order valence-electron chi connectivity index (χ0n) is 11.7. The zero-order chi connectivity index (χ0) is 15.0. The molecule has 0 aromatic heterocycles. The van der Waals surface area contributed by atoms with Gasteiger partial charge in [-0.1, -0.05) is 6.42 Å². The molecule has 2 N–H and O–H groups in total. The quantitative estimate of drug-likeness (QED) is 0.842. The van der Waals surface area contributed by atoms with Gasteiger partial charge >= 0.3 is 0 Å². The molecule has 116 valence electrons. The largest absolute Gasteiger partial charge is 0.507 e. The second kappa shape index (κ2) is 5.85. The Morgan fingerprint density at radius 1 is 1.14 bits per heavy atom. The molecule has 1 aliphatic heterocycles. The van der Waals surface area contributed by atoms with E-state index < -0.39 is 23.2 Å². The Morgan fingerprint density at radius 3 is 2.38 bits per heavy atom. The molecule has 3 nitrogen and oxygen atoms in total. The number of piperazine rings is 1. The third kappa shape index (κ3) is 2.62. The van der Waals surface area contributed by atoms with E-state index in [1.54, 1.807) is 0 Å². The highest BCUT2D eigenvalue weighted by molar-refractivity contribution is 5.38. The Labute approximate surface area is 121 Å². The van der Waals surface area contributed by atoms with Crippen LogP contribution in [0.1, 0.15) is 30.9 Å². The number of aromatic hydroxyl groups is 1. The molecule has 6 heteroatoms. The molecule has 0 unspecified atom stereocenters. The van der Waals surface area contributed by atoms with Crippen molar-refractivity contribution in [3.63, 3.8) is 0 Å². The van der Waals surface area contributed by atoms with Crippen LogP contribution in [0.3, 0.4) is 0 Å². The van der Waals surface area contributed by atoms with Gasteiger partial charge in [-0.05, 0) is 18.8 Å². The fourth-order valence-corrected chi connectivity index (χ4v) is 3.31. The van der Waals surface area contributed by atoms with E-state index in [4.69, 9.17) is 0 Å². The first-order valence-electron chi connectivity index (χ1n) is 7.40. The highest BCUT2D eigenvalue weighted by Gasteiger charge is 2.38. The molecule has 2 fully saturated rings. The molecule has 1 heterocycles. The van der Waals surface area contributed by atoms with Gasteiger partial charge in [-0.2, -0.15) is 0 Å². The average molecular weight is 300 g/mol. The van der Waals surface area contributed by atoms with E-state index in [1.807, 2.05) is 0 Å². The van der Waals surface area contributed by atoms with E-state index in [0.717, 1.165) is 32.4 Å². The number of phenols is 1. The van der Waals surface area contributed by atoms with Crippen LogP contribution in [0.25, 0.3) is 0 Å². The maximum absolute atomic E-state index is 14.2. The zero-order valence-corrected chi connectivity index (χ0v) is 11.7. The standard InChI is InChI=1S/C15H19F3N2O/c16-10-8-11(21)12(14(18)13(10)17)15(9-2-1-3-9)20-6-4-19-5-7-20/h8-9,15,19,21H,1-7H2/t15-/m0/s1. The molecule has 0 radical (unpaired) electrons. The highest BCUT2D eigenvalue weighted by atomic mass is 19.2. The van der Waals surface area contributed by atoms with Crippen molar-refractivity contribution in [2.45, 2.75) is 25.3 Å². The molecule has 1 saturated heterocycles. The second-order valence-corrected chi connectivity index (χ2v) is 5.84. The minimum absolute atomic E-state index is 0.0829. The highest BCUT2D eigenvalue weighted by Crippen LogP contribution is 2.45. The molecule has 2 aliphatic rings. The SMILES string of the molecule is Oc1cc(F)c(F)c(F)c1[C@H](C1CCC1)N1CCNCC1. The van der Waals surface area contributed by atoms with E-state index in [1.165, 1.54) is 0 Å². The number of nitrogens with one attached hydrogen (secondary N) is 1. The minimum Gasteiger partial charge on any atom is -0.507 e. The smallest absolute Gasteiger partial charge is 0.195 e. The fourth-order valence-electron chi connectivity index (χ4n) is 3.31. The Morgan fingerprint density at radius 2 is 1.81 bits per heavy atom. The summed E-state index contributed by atoms with van der Waals surface area (Å²) < 4.78 is 41.0. The van der Waals surface area contributed by atoms with Crippen molar-refractivity contribution in [3.8, 4) is 5.75 Å². The van der Waals surface area contributed by atoms with Crippen molar-refractivity contribution in [2.75, 3.05) is 26.2 Å². The summed E-state index contributed by atoms with van der Waals surface area (Å²) in [7, 11) is 0. The lowest BCUT2D eigenvalue weighted by molar-refractivity contribution is 0.0785. The molecular formula is C15H19F3N2O. The summed E-state index contributed by atoms with van der Waals surface area (Å²) in [5, 5.41) is 13.2. The van der Waals surface area contributed by atoms with E-state index in [2.05, 4.69) is 10.2 Å². The van der Waals surface area contributed by atoms with Crippen LogP contribution in [0.15, 0.2) is 6.07 Å². The third-order valence-electron chi connectivity index (χ3n) is 4.62. The normalized spacial score (nSPS) is 22.0. The third-order valence-corrected chi connectivity index (χ3v) is 4.62. The number of benzene rings is 1. The summed E-state index contributed by atoms with van der Waals surface area (Å²) >= 11 is 0. The van der Waals surface area contributed by atoms with Crippen LogP contribution in [-0.4, -0.2) is 36.2 Å². The number of hydrogen-bond acceptors (Lipinski definition) is 3. The van der Waals surface area contributed by atoms with Crippen molar-refractivity contribution < 1.29 is 18.3 Å². The first-order chi connectivity index (χ1) is 10.1. The summed E-state index contributed by atoms with van der Waals surface area (Å²) in [6.07, 6.45) is 2.90. The number of hydrogen-bond donors (Lipinski definition) is 2. The van der Waals surface area contributed by atoms with Gasteiger partial charge < -0.3 is 10.4 Å². The molecule has 1 aliphatic carbocycles. The molecule has 0 amide bonds. The Hall–Kier alpha value is -1.27. The van der Waals surface area contributed by atoms with E-state index in [9.17, 15) is 18.3 Å². The van der Waals surface area contributed by atoms with E-state index in [0.29, 0.717) is 19.2 Å². The Bertz CT molecular complexity index is 528. The minimum atomic E-state index is -1.50. The van der Waals surface area contributed by atoms with E-state index in [-0.39, 0.29) is 17.5 Å². The van der Waals surface area contributed by atoms with Gasteiger partial charge in [0, 0.05) is 38.3 Å². The van der Waals surface area contributed by atoms with Gasteiger partial charge in [0.1, 0.15) is 5.75 Å². The van der Waals surface area contributed by atoms with Gasteiger partial charge in [0.25, 0.3) is 0 Å². The maximum Gasteiger partial charge on any atom is 0.195 e. The fraction of sp³-hybridized carbons (Fsp3) is 0.600. The summed E-state index contributed by atoms with van der Waals surface area (Å²) in [6.45, 7) is 2.96. The van der Waals surface area contributed by atoms with Gasteiger partial charge in [0.15, 0.2) is 17.5 Å². The van der Waals surface area contributed by atoms with Crippen LogP contribution >= 0.6 is 0 Å². The van der Waals surface area contributed by atoms with Crippen molar-refractivity contribution in [3.05, 3.63) is 29.1 Å². The van der Waals surface area contributed by atoms with Crippen LogP contribution in [-0.2, 0) is 0 Å². The number of phenolic OH excluding ortho intramolecular Hbond substituents is 1. The van der Waals surface area contributed by atoms with Crippen LogP contribution in [0.5, 0.6) is 5.75 Å². The lowest BCUT2D eigenvalue weighted by atomic mass is 9.76. The van der Waals surface area contributed by atoms with Gasteiger partial charge in [-0.3, -0.25) is 4.90 Å². The van der Waals surface area contributed by atoms with Crippen molar-refractivity contribution >= 4 is 0 Å². The second-order valence-electron chi connectivity index (χ2n) is 5.84. The molecule has 3 rings (SSSR count). The van der Waals surface area contributed by atoms with Crippen LogP contribution in [0.4, 0.5) is 13.2 Å². The Kier molecular flexibility index (Phi) is 4.08. The predicted octanol–water partition coefficient (Wildman–Crippen LogP) is 2.56. The summed E-state index contributed by atoms with van der Waals surface area (Å²) in [5.41, 5.74) is -0.0829. The monoisotopic (exact) mass is 300 g/mol. The maximum atomic E-state index is 14.2. The first-order valence-corrected chi connectivity index (χ1v) is 7.40. The summed E-state index contributed by atoms with van der Waals surface area (Å²) in [4.78, 5) is 2.07. The van der Waals surface area contributed by atoms with Gasteiger partial charge in [0.05, 0.1) is 5.56 Å². The molecule has 1 saturated carbocycles. The Balaban J connectivity index is 2.01. The van der Waals surface area contributed by atoms with Crippen LogP contribution in [0.2, 0.25) is 0 Å². The number of rotatable bonds is 3.